The molecule has 152 valence electrons. The fraction of sp³-hybridized carbons (Fsp3) is 0.0455. The Morgan fingerprint density at radius 3 is 2.27 bits per heavy atom. The second-order valence-corrected chi connectivity index (χ2v) is 6.59. The number of rotatable bonds is 7. The van der Waals surface area contributed by atoms with Gasteiger partial charge < -0.3 is 20.5 Å². The molecule has 0 aliphatic rings. The van der Waals surface area contributed by atoms with Crippen molar-refractivity contribution >= 4 is 40.8 Å². The van der Waals surface area contributed by atoms with Gasteiger partial charge in [-0.25, -0.2) is 4.79 Å². The molecule has 0 aliphatic carbocycles. The van der Waals surface area contributed by atoms with Crippen molar-refractivity contribution in [2.75, 3.05) is 17.2 Å². The van der Waals surface area contributed by atoms with Crippen molar-refractivity contribution in [2.24, 2.45) is 0 Å². The van der Waals surface area contributed by atoms with Crippen LogP contribution in [0.2, 0.25) is 5.02 Å². The lowest BCUT2D eigenvalue weighted by atomic mass is 10.1. The SMILES string of the molecule is O=C(COc1ccccc1Cl)Nc1cccc(C(=O)Nc2ccc(C(=O)O)cc2)c1. The maximum Gasteiger partial charge on any atom is 0.335 e. The number of hydrogen-bond acceptors (Lipinski definition) is 4. The first-order chi connectivity index (χ1) is 14.4. The highest BCUT2D eigenvalue weighted by Crippen LogP contribution is 2.23. The highest BCUT2D eigenvalue weighted by Gasteiger charge is 2.10. The number of para-hydroxylation sites is 1. The first-order valence-corrected chi connectivity index (χ1v) is 9.22. The fourth-order valence-corrected chi connectivity index (χ4v) is 2.73. The molecular weight excluding hydrogens is 408 g/mol. The van der Waals surface area contributed by atoms with Crippen LogP contribution in [0, 0.1) is 0 Å². The van der Waals surface area contributed by atoms with Gasteiger partial charge in [0.15, 0.2) is 6.61 Å². The summed E-state index contributed by atoms with van der Waals surface area (Å²) in [5.74, 6) is -1.45. The van der Waals surface area contributed by atoms with Gasteiger partial charge in [-0.1, -0.05) is 29.8 Å². The van der Waals surface area contributed by atoms with Crippen LogP contribution in [0.3, 0.4) is 0 Å². The number of nitrogens with one attached hydrogen (secondary N) is 2. The molecule has 3 N–H and O–H groups in total. The predicted octanol–water partition coefficient (Wildman–Crippen LogP) is 4.31. The summed E-state index contributed by atoms with van der Waals surface area (Å²) in [4.78, 5) is 35.5. The zero-order valence-electron chi connectivity index (χ0n) is 15.6. The molecule has 0 bridgehead atoms. The predicted molar refractivity (Wildman–Crippen MR) is 113 cm³/mol. The van der Waals surface area contributed by atoms with Crippen LogP contribution in [-0.2, 0) is 4.79 Å². The van der Waals surface area contributed by atoms with Crippen LogP contribution < -0.4 is 15.4 Å². The van der Waals surface area contributed by atoms with Crippen LogP contribution in [0.5, 0.6) is 5.75 Å². The number of anilines is 2. The van der Waals surface area contributed by atoms with Gasteiger partial charge in [0.1, 0.15) is 5.75 Å². The molecule has 3 aromatic rings. The largest absolute Gasteiger partial charge is 0.482 e. The Morgan fingerprint density at radius 2 is 1.57 bits per heavy atom. The van der Waals surface area contributed by atoms with Gasteiger partial charge >= 0.3 is 5.97 Å². The maximum absolute atomic E-state index is 12.4. The molecule has 0 saturated heterocycles. The Hall–Kier alpha value is -3.84. The molecule has 0 atom stereocenters. The molecule has 3 rings (SSSR count). The van der Waals surface area contributed by atoms with E-state index < -0.39 is 17.8 Å². The lowest BCUT2D eigenvalue weighted by Gasteiger charge is -2.10. The number of carbonyl (C=O) groups excluding carboxylic acids is 2. The Morgan fingerprint density at radius 1 is 0.833 bits per heavy atom. The van der Waals surface area contributed by atoms with Crippen molar-refractivity contribution in [1.82, 2.24) is 0 Å². The monoisotopic (exact) mass is 424 g/mol. The Kier molecular flexibility index (Phi) is 6.67. The minimum atomic E-state index is -1.05. The summed E-state index contributed by atoms with van der Waals surface area (Å²) in [6.07, 6.45) is 0. The summed E-state index contributed by atoms with van der Waals surface area (Å²) in [5, 5.41) is 14.7. The molecule has 0 fully saturated rings. The number of halogens is 1. The Labute approximate surface area is 177 Å². The lowest BCUT2D eigenvalue weighted by Crippen LogP contribution is -2.20. The van der Waals surface area contributed by atoms with Gasteiger partial charge in [-0.3, -0.25) is 9.59 Å². The number of aromatic carboxylic acids is 1. The maximum atomic E-state index is 12.4. The average Bonchev–Trinajstić information content (AvgIpc) is 2.74. The summed E-state index contributed by atoms with van der Waals surface area (Å²) in [7, 11) is 0. The molecule has 8 heteroatoms. The number of hydrogen-bond donors (Lipinski definition) is 3. The minimum absolute atomic E-state index is 0.122. The first kappa shape index (κ1) is 20.9. The van der Waals surface area contributed by atoms with Gasteiger partial charge in [0.25, 0.3) is 11.8 Å². The van der Waals surface area contributed by atoms with Crippen molar-refractivity contribution < 1.29 is 24.2 Å². The van der Waals surface area contributed by atoms with Crippen molar-refractivity contribution in [3.63, 3.8) is 0 Å². The molecule has 2 amide bonds. The topological polar surface area (TPSA) is 105 Å². The van der Waals surface area contributed by atoms with E-state index in [2.05, 4.69) is 10.6 Å². The van der Waals surface area contributed by atoms with Crippen LogP contribution in [0.4, 0.5) is 11.4 Å². The van der Waals surface area contributed by atoms with E-state index in [4.69, 9.17) is 21.4 Å². The highest BCUT2D eigenvalue weighted by atomic mass is 35.5. The molecule has 7 nitrogen and oxygen atoms in total. The Bertz CT molecular complexity index is 1080. The summed E-state index contributed by atoms with van der Waals surface area (Å²) in [5.41, 5.74) is 1.32. The molecule has 0 radical (unpaired) electrons. The molecule has 0 saturated carbocycles. The van der Waals surface area contributed by atoms with Crippen LogP contribution in [0.1, 0.15) is 20.7 Å². The molecule has 0 aromatic heterocycles. The third kappa shape index (κ3) is 5.59. The molecule has 0 unspecified atom stereocenters. The van der Waals surface area contributed by atoms with E-state index in [9.17, 15) is 14.4 Å². The van der Waals surface area contributed by atoms with E-state index in [0.29, 0.717) is 27.7 Å². The summed E-state index contributed by atoms with van der Waals surface area (Å²) in [6.45, 7) is -0.240. The van der Waals surface area contributed by atoms with Crippen LogP contribution >= 0.6 is 11.6 Å². The lowest BCUT2D eigenvalue weighted by molar-refractivity contribution is -0.118. The first-order valence-electron chi connectivity index (χ1n) is 8.84. The van der Waals surface area contributed by atoms with E-state index in [1.165, 1.54) is 30.3 Å². The second kappa shape index (κ2) is 9.58. The molecule has 0 spiro atoms. The summed E-state index contributed by atoms with van der Waals surface area (Å²) >= 11 is 5.98. The third-order valence-electron chi connectivity index (χ3n) is 3.99. The van der Waals surface area contributed by atoms with Gasteiger partial charge in [0.2, 0.25) is 0 Å². The normalized spacial score (nSPS) is 10.2. The molecular formula is C22H17ClN2O5. The smallest absolute Gasteiger partial charge is 0.335 e. The quantitative estimate of drug-likeness (QED) is 0.524. The van der Waals surface area contributed by atoms with E-state index in [0.717, 1.165) is 0 Å². The van der Waals surface area contributed by atoms with Gasteiger partial charge in [-0.2, -0.15) is 0 Å². The average molecular weight is 425 g/mol. The van der Waals surface area contributed by atoms with E-state index in [-0.39, 0.29) is 12.2 Å². The van der Waals surface area contributed by atoms with Gasteiger partial charge in [0, 0.05) is 16.9 Å². The van der Waals surface area contributed by atoms with E-state index in [1.807, 2.05) is 0 Å². The van der Waals surface area contributed by atoms with Crippen molar-refractivity contribution in [3.05, 3.63) is 88.9 Å². The van der Waals surface area contributed by atoms with Crippen LogP contribution in [0.15, 0.2) is 72.8 Å². The number of carboxylic acid groups (broad SMARTS) is 1. The van der Waals surface area contributed by atoms with Crippen LogP contribution in [-0.4, -0.2) is 29.5 Å². The van der Waals surface area contributed by atoms with Gasteiger partial charge in [-0.15, -0.1) is 0 Å². The van der Waals surface area contributed by atoms with E-state index >= 15 is 0 Å². The van der Waals surface area contributed by atoms with Crippen molar-refractivity contribution in [3.8, 4) is 5.75 Å². The molecule has 0 aliphatic heterocycles. The number of carboxylic acids is 1. The number of ether oxygens (including phenoxy) is 1. The third-order valence-corrected chi connectivity index (χ3v) is 4.31. The number of amides is 2. The van der Waals surface area contributed by atoms with Gasteiger partial charge in [0.05, 0.1) is 10.6 Å². The second-order valence-electron chi connectivity index (χ2n) is 6.18. The molecule has 30 heavy (non-hydrogen) atoms. The summed E-state index contributed by atoms with van der Waals surface area (Å²) < 4.78 is 5.39. The van der Waals surface area contributed by atoms with Crippen molar-refractivity contribution in [2.45, 2.75) is 0 Å². The number of benzene rings is 3. The Balaban J connectivity index is 1.59. The fourth-order valence-electron chi connectivity index (χ4n) is 2.54. The van der Waals surface area contributed by atoms with Gasteiger partial charge in [-0.05, 0) is 54.6 Å². The summed E-state index contributed by atoms with van der Waals surface area (Å²) in [6, 6.07) is 19.0. The molecule has 0 heterocycles. The molecule has 3 aromatic carbocycles. The van der Waals surface area contributed by atoms with Crippen molar-refractivity contribution in [1.29, 1.82) is 0 Å². The standard InChI is InChI=1S/C22H17ClN2O5/c23-18-6-1-2-7-19(18)30-13-20(26)24-17-5-3-4-15(12-17)21(27)25-16-10-8-14(9-11-16)22(28)29/h1-12H,13H2,(H,24,26)(H,25,27)(H,28,29). The highest BCUT2D eigenvalue weighted by molar-refractivity contribution is 6.32. The van der Waals surface area contributed by atoms with E-state index in [1.54, 1.807) is 42.5 Å². The van der Waals surface area contributed by atoms with Crippen LogP contribution in [0.25, 0.3) is 0 Å². The zero-order chi connectivity index (χ0) is 21.5. The zero-order valence-corrected chi connectivity index (χ0v) is 16.3. The number of carbonyl (C=O) groups is 3. The minimum Gasteiger partial charge on any atom is -0.482 e.